The van der Waals surface area contributed by atoms with Gasteiger partial charge in [0.2, 0.25) is 0 Å². The van der Waals surface area contributed by atoms with E-state index in [0.717, 1.165) is 25.0 Å². The number of halogens is 6. The number of ether oxygens (including phenoxy) is 1. The van der Waals surface area contributed by atoms with Crippen molar-refractivity contribution in [3.8, 4) is 0 Å². The molecule has 118 valence electrons. The van der Waals surface area contributed by atoms with Crippen molar-refractivity contribution in [3.63, 3.8) is 0 Å². The molecule has 0 unspecified atom stereocenters. The van der Waals surface area contributed by atoms with Crippen molar-refractivity contribution in [2.45, 2.75) is 40.5 Å². The Kier molecular flexibility index (Phi) is 30.0. The first kappa shape index (κ1) is 27.0. The summed E-state index contributed by atoms with van der Waals surface area (Å²) in [6, 6.07) is 0. The third-order valence-electron chi connectivity index (χ3n) is 1.68. The monoisotopic (exact) mass is 464 g/mol. The third kappa shape index (κ3) is 62.4. The Labute approximate surface area is 153 Å². The predicted molar refractivity (Wildman–Crippen MR) is 84.8 cm³/mol. The van der Waals surface area contributed by atoms with Crippen LogP contribution in [0.5, 0.6) is 0 Å². The van der Waals surface area contributed by atoms with E-state index >= 15 is 0 Å². The molecular formula is C10H22Cl6OTi2. The molecule has 0 bridgehead atoms. The Balaban J connectivity index is -0.000000264. The topological polar surface area (TPSA) is 9.23 Å². The van der Waals surface area contributed by atoms with E-state index in [-0.39, 0.29) is 0 Å². The fourth-order valence-electron chi connectivity index (χ4n) is 0.740. The fraction of sp³-hybridized carbons (Fsp3) is 1.00. The van der Waals surface area contributed by atoms with Crippen LogP contribution >= 0.6 is 55.8 Å². The summed E-state index contributed by atoms with van der Waals surface area (Å²) < 4.78 is 5.46. The molecule has 0 aliphatic carbocycles. The first-order valence-electron chi connectivity index (χ1n) is 5.84. The van der Waals surface area contributed by atoms with Gasteiger partial charge in [-0.3, -0.25) is 0 Å². The first-order chi connectivity index (χ1) is 8.59. The molecule has 0 atom stereocenters. The molecule has 0 radical (unpaired) electrons. The van der Waals surface area contributed by atoms with Gasteiger partial charge in [0.1, 0.15) is 0 Å². The van der Waals surface area contributed by atoms with Crippen LogP contribution in [0, 0.1) is 11.8 Å². The van der Waals surface area contributed by atoms with E-state index in [1.165, 1.54) is 12.8 Å². The second kappa shape index (κ2) is 21.1. The summed E-state index contributed by atoms with van der Waals surface area (Å²) in [7, 11) is 29.8. The summed E-state index contributed by atoms with van der Waals surface area (Å²) in [5.41, 5.74) is 0. The average Bonchev–Trinajstić information content (AvgIpc) is 2.14. The summed E-state index contributed by atoms with van der Waals surface area (Å²) in [6.07, 6.45) is 2.39. The van der Waals surface area contributed by atoms with E-state index in [4.69, 9.17) is 60.6 Å². The zero-order chi connectivity index (χ0) is 15.8. The summed E-state index contributed by atoms with van der Waals surface area (Å²) in [4.78, 5) is 0. The van der Waals surface area contributed by atoms with Gasteiger partial charge in [-0.1, -0.05) is 27.7 Å². The van der Waals surface area contributed by atoms with E-state index in [1.54, 1.807) is 0 Å². The molecule has 0 saturated heterocycles. The molecule has 0 aliphatic rings. The van der Waals surface area contributed by atoms with Gasteiger partial charge in [0.25, 0.3) is 0 Å². The molecule has 0 aromatic carbocycles. The normalized spacial score (nSPS) is 9.47. The zero-order valence-electron chi connectivity index (χ0n) is 11.7. The molecular weight excluding hydrogens is 445 g/mol. The van der Waals surface area contributed by atoms with E-state index in [9.17, 15) is 0 Å². The van der Waals surface area contributed by atoms with Gasteiger partial charge in [-0.15, -0.1) is 0 Å². The minimum absolute atomic E-state index is 0.772. The third-order valence-corrected chi connectivity index (χ3v) is 1.68. The second-order valence-electron chi connectivity index (χ2n) is 4.41. The van der Waals surface area contributed by atoms with Crippen molar-refractivity contribution in [1.29, 1.82) is 0 Å². The summed E-state index contributed by atoms with van der Waals surface area (Å²) in [5, 5.41) is 0. The van der Waals surface area contributed by atoms with E-state index < -0.39 is 29.4 Å². The van der Waals surface area contributed by atoms with Crippen molar-refractivity contribution >= 4 is 55.8 Å². The van der Waals surface area contributed by atoms with Crippen LogP contribution in [-0.4, -0.2) is 13.2 Å². The molecule has 0 rings (SSSR count). The van der Waals surface area contributed by atoms with Gasteiger partial charge in [0.05, 0.1) is 0 Å². The fourth-order valence-corrected chi connectivity index (χ4v) is 0.740. The van der Waals surface area contributed by atoms with Gasteiger partial charge in [-0.25, -0.2) is 0 Å². The van der Waals surface area contributed by atoms with Crippen LogP contribution in [0.25, 0.3) is 0 Å². The van der Waals surface area contributed by atoms with Crippen LogP contribution < -0.4 is 0 Å². The minimum atomic E-state index is -1.92. The molecule has 0 N–H and O–H groups in total. The number of rotatable bonds is 6. The van der Waals surface area contributed by atoms with Crippen LogP contribution in [0.4, 0.5) is 0 Å². The molecule has 0 heterocycles. The predicted octanol–water partition coefficient (Wildman–Crippen LogP) is 7.23. The summed E-state index contributed by atoms with van der Waals surface area (Å²) in [6.45, 7) is 10.8. The summed E-state index contributed by atoms with van der Waals surface area (Å²) >= 11 is -3.83. The van der Waals surface area contributed by atoms with Gasteiger partial charge in [-0.2, -0.15) is 0 Å². The Morgan fingerprint density at radius 3 is 1.05 bits per heavy atom. The van der Waals surface area contributed by atoms with Gasteiger partial charge >= 0.3 is 85.2 Å². The van der Waals surface area contributed by atoms with Gasteiger partial charge in [0.15, 0.2) is 0 Å². The van der Waals surface area contributed by atoms with Crippen LogP contribution in [-0.2, 0) is 34.1 Å². The van der Waals surface area contributed by atoms with Crippen molar-refractivity contribution in [1.82, 2.24) is 0 Å². The van der Waals surface area contributed by atoms with Crippen molar-refractivity contribution in [2.75, 3.05) is 13.2 Å². The molecule has 9 heteroatoms. The Morgan fingerprint density at radius 1 is 0.684 bits per heavy atom. The van der Waals surface area contributed by atoms with Crippen molar-refractivity contribution in [2.24, 2.45) is 11.8 Å². The van der Waals surface area contributed by atoms with Gasteiger partial charge in [-0.05, 0) is 24.7 Å². The zero-order valence-corrected chi connectivity index (χ0v) is 19.3. The standard InChI is InChI=1S/C10H22O.6ClH.2Ti/c1-9(2)5-7-11-8-6-10(3)4;;;;;;;;/h9-10H,5-8H2,1-4H3;6*1H;;/q;;;;;;;2*+3/p-6. The van der Waals surface area contributed by atoms with Crippen LogP contribution in [0.3, 0.4) is 0 Å². The molecule has 1 nitrogen and oxygen atoms in total. The van der Waals surface area contributed by atoms with Crippen molar-refractivity contribution < 1.29 is 34.1 Å². The van der Waals surface area contributed by atoms with Crippen LogP contribution in [0.15, 0.2) is 0 Å². The van der Waals surface area contributed by atoms with Gasteiger partial charge < -0.3 is 4.74 Å². The molecule has 0 aromatic heterocycles. The average molecular weight is 467 g/mol. The maximum absolute atomic E-state index is 5.46. The number of hydrogen-bond donors (Lipinski definition) is 0. The Hall–Kier alpha value is 3.13. The number of hydrogen-bond acceptors (Lipinski definition) is 1. The molecule has 0 aliphatic heterocycles. The van der Waals surface area contributed by atoms with Gasteiger partial charge in [0, 0.05) is 13.2 Å². The molecule has 0 spiro atoms. The quantitative estimate of drug-likeness (QED) is 0.296. The molecule has 0 fully saturated rings. The van der Waals surface area contributed by atoms with Crippen molar-refractivity contribution in [3.05, 3.63) is 0 Å². The molecule has 0 saturated carbocycles. The molecule has 0 amide bonds. The SMILES string of the molecule is CC(C)CCOCCC(C)C.[Cl][Ti]([Cl])[Cl].[Cl][Ti]([Cl])[Cl]. The maximum atomic E-state index is 5.46. The first-order valence-corrected chi connectivity index (χ1v) is 18.7. The molecule has 19 heavy (non-hydrogen) atoms. The van der Waals surface area contributed by atoms with E-state index in [0.29, 0.717) is 0 Å². The second-order valence-corrected chi connectivity index (χ2v) is 19.9. The Bertz CT molecular complexity index is 139. The van der Waals surface area contributed by atoms with E-state index in [1.807, 2.05) is 0 Å². The van der Waals surface area contributed by atoms with Crippen LogP contribution in [0.1, 0.15) is 40.5 Å². The van der Waals surface area contributed by atoms with E-state index in [2.05, 4.69) is 27.7 Å². The molecule has 0 aromatic rings. The Morgan fingerprint density at radius 2 is 0.895 bits per heavy atom. The summed E-state index contributed by atoms with van der Waals surface area (Å²) in [5.74, 6) is 1.54. The van der Waals surface area contributed by atoms with Crippen LogP contribution in [0.2, 0.25) is 0 Å².